The first-order valence-electron chi connectivity index (χ1n) is 6.11. The SMILES string of the molecule is N#Cc1nc(Cl)c(Cl)n1COCC1CCCCC1. The average molecular weight is 288 g/mol. The Labute approximate surface area is 116 Å². The summed E-state index contributed by atoms with van der Waals surface area (Å²) in [5.41, 5.74) is 0. The van der Waals surface area contributed by atoms with Gasteiger partial charge in [-0.05, 0) is 18.8 Å². The van der Waals surface area contributed by atoms with Crippen LogP contribution in [0, 0.1) is 17.2 Å². The molecule has 0 radical (unpaired) electrons. The highest BCUT2D eigenvalue weighted by Crippen LogP contribution is 2.25. The molecule has 0 N–H and O–H groups in total. The van der Waals surface area contributed by atoms with Gasteiger partial charge in [-0.1, -0.05) is 42.5 Å². The van der Waals surface area contributed by atoms with Crippen molar-refractivity contribution in [3.63, 3.8) is 0 Å². The van der Waals surface area contributed by atoms with E-state index in [1.165, 1.54) is 36.7 Å². The molecule has 0 aliphatic heterocycles. The molecule has 1 aliphatic carbocycles. The van der Waals surface area contributed by atoms with Crippen LogP contribution in [0.1, 0.15) is 37.9 Å². The fourth-order valence-electron chi connectivity index (χ4n) is 2.27. The first-order chi connectivity index (χ1) is 8.72. The Balaban J connectivity index is 1.88. The number of hydrogen-bond acceptors (Lipinski definition) is 3. The summed E-state index contributed by atoms with van der Waals surface area (Å²) in [5.74, 6) is 0.815. The molecule has 0 spiro atoms. The second-order valence-corrected chi connectivity index (χ2v) is 5.28. The lowest BCUT2D eigenvalue weighted by molar-refractivity contribution is 0.0398. The molecule has 6 heteroatoms. The minimum Gasteiger partial charge on any atom is -0.360 e. The highest BCUT2D eigenvalue weighted by molar-refractivity contribution is 6.40. The number of hydrogen-bond donors (Lipinski definition) is 0. The summed E-state index contributed by atoms with van der Waals surface area (Å²) in [5, 5.41) is 9.31. The van der Waals surface area contributed by atoms with Gasteiger partial charge in [0.15, 0.2) is 10.3 Å². The Morgan fingerprint density at radius 2 is 2.06 bits per heavy atom. The highest BCUT2D eigenvalue weighted by atomic mass is 35.5. The normalized spacial score (nSPS) is 16.7. The van der Waals surface area contributed by atoms with E-state index in [0.717, 1.165) is 0 Å². The van der Waals surface area contributed by atoms with Gasteiger partial charge in [-0.2, -0.15) is 5.26 Å². The molecule has 0 saturated heterocycles. The standard InChI is InChI=1S/C12H15Cl2N3O/c13-11-12(14)17(10(6-15)16-11)8-18-7-9-4-2-1-3-5-9/h9H,1-5,7-8H2. The Kier molecular flexibility index (Phi) is 4.87. The van der Waals surface area contributed by atoms with E-state index in [9.17, 15) is 0 Å². The zero-order valence-electron chi connectivity index (χ0n) is 10.0. The summed E-state index contributed by atoms with van der Waals surface area (Å²) in [4.78, 5) is 3.85. The Morgan fingerprint density at radius 3 is 2.72 bits per heavy atom. The lowest BCUT2D eigenvalue weighted by Crippen LogP contribution is -2.15. The number of nitrogens with zero attached hydrogens (tertiary/aromatic N) is 3. The summed E-state index contributed by atoms with van der Waals surface area (Å²) >= 11 is 11.7. The molecule has 1 aliphatic rings. The largest absolute Gasteiger partial charge is 0.360 e. The molecule has 1 saturated carbocycles. The van der Waals surface area contributed by atoms with Gasteiger partial charge in [0.1, 0.15) is 12.8 Å². The summed E-state index contributed by atoms with van der Waals surface area (Å²) < 4.78 is 7.12. The van der Waals surface area contributed by atoms with Crippen LogP contribution >= 0.6 is 23.2 Å². The monoisotopic (exact) mass is 287 g/mol. The topological polar surface area (TPSA) is 50.8 Å². The predicted molar refractivity (Wildman–Crippen MR) is 69.5 cm³/mol. The molecule has 18 heavy (non-hydrogen) atoms. The second kappa shape index (κ2) is 6.42. The van der Waals surface area contributed by atoms with Crippen LogP contribution in [-0.2, 0) is 11.5 Å². The fraction of sp³-hybridized carbons (Fsp3) is 0.667. The molecule has 1 fully saturated rings. The molecule has 2 rings (SSSR count). The molecule has 98 valence electrons. The lowest BCUT2D eigenvalue weighted by atomic mass is 9.90. The quantitative estimate of drug-likeness (QED) is 0.850. The second-order valence-electron chi connectivity index (χ2n) is 4.56. The number of rotatable bonds is 4. The number of aromatic nitrogens is 2. The van der Waals surface area contributed by atoms with Gasteiger partial charge in [0.25, 0.3) is 0 Å². The third-order valence-corrected chi connectivity index (χ3v) is 4.01. The maximum absolute atomic E-state index is 8.90. The number of nitriles is 1. The maximum atomic E-state index is 8.90. The zero-order chi connectivity index (χ0) is 13.0. The van der Waals surface area contributed by atoms with E-state index in [2.05, 4.69) is 4.98 Å². The molecular formula is C12H15Cl2N3O. The molecule has 0 unspecified atom stereocenters. The zero-order valence-corrected chi connectivity index (χ0v) is 11.5. The van der Waals surface area contributed by atoms with Crippen LogP contribution in [0.15, 0.2) is 0 Å². The van der Waals surface area contributed by atoms with Gasteiger partial charge in [-0.3, -0.25) is 4.57 Å². The van der Waals surface area contributed by atoms with Crippen LogP contribution in [0.5, 0.6) is 0 Å². The van der Waals surface area contributed by atoms with Gasteiger partial charge in [0, 0.05) is 0 Å². The van der Waals surface area contributed by atoms with Gasteiger partial charge in [0.05, 0.1) is 6.61 Å². The van der Waals surface area contributed by atoms with E-state index in [4.69, 9.17) is 33.2 Å². The van der Waals surface area contributed by atoms with Crippen molar-refractivity contribution in [1.29, 1.82) is 5.26 Å². The van der Waals surface area contributed by atoms with Gasteiger partial charge >= 0.3 is 0 Å². The van der Waals surface area contributed by atoms with Crippen LogP contribution in [0.2, 0.25) is 10.3 Å². The molecule has 0 amide bonds. The molecule has 1 heterocycles. The lowest BCUT2D eigenvalue weighted by Gasteiger charge is -2.21. The summed E-state index contributed by atoms with van der Waals surface area (Å²) in [7, 11) is 0. The van der Waals surface area contributed by atoms with Gasteiger partial charge in [-0.25, -0.2) is 4.98 Å². The Hall–Kier alpha value is -0.760. The van der Waals surface area contributed by atoms with Crippen molar-refractivity contribution in [3.8, 4) is 6.07 Å². The van der Waals surface area contributed by atoms with Crippen molar-refractivity contribution in [2.75, 3.05) is 6.61 Å². The van der Waals surface area contributed by atoms with Crippen LogP contribution in [0.3, 0.4) is 0 Å². The summed E-state index contributed by atoms with van der Waals surface area (Å²) in [6.07, 6.45) is 6.36. The van der Waals surface area contributed by atoms with E-state index >= 15 is 0 Å². The van der Waals surface area contributed by atoms with Crippen molar-refractivity contribution in [1.82, 2.24) is 9.55 Å². The van der Waals surface area contributed by atoms with Crippen LogP contribution in [0.4, 0.5) is 0 Å². The van der Waals surface area contributed by atoms with Gasteiger partial charge in [-0.15, -0.1) is 0 Å². The average Bonchev–Trinajstić information content (AvgIpc) is 2.67. The van der Waals surface area contributed by atoms with E-state index in [1.807, 2.05) is 6.07 Å². The van der Waals surface area contributed by atoms with Crippen LogP contribution in [0.25, 0.3) is 0 Å². The number of ether oxygens (including phenoxy) is 1. The first-order valence-corrected chi connectivity index (χ1v) is 6.87. The molecule has 0 aromatic carbocycles. The Bertz CT molecular complexity index is 447. The van der Waals surface area contributed by atoms with Gasteiger partial charge in [0.2, 0.25) is 5.82 Å². The third-order valence-electron chi connectivity index (χ3n) is 3.27. The van der Waals surface area contributed by atoms with E-state index in [1.54, 1.807) is 0 Å². The van der Waals surface area contributed by atoms with E-state index in [0.29, 0.717) is 12.5 Å². The number of imidazole rings is 1. The molecule has 4 nitrogen and oxygen atoms in total. The number of halogens is 2. The van der Waals surface area contributed by atoms with Crippen molar-refractivity contribution < 1.29 is 4.74 Å². The van der Waals surface area contributed by atoms with Crippen LogP contribution in [-0.4, -0.2) is 16.2 Å². The summed E-state index contributed by atoms with van der Waals surface area (Å²) in [6, 6.07) is 1.95. The van der Waals surface area contributed by atoms with E-state index in [-0.39, 0.29) is 22.9 Å². The van der Waals surface area contributed by atoms with Crippen molar-refractivity contribution in [2.45, 2.75) is 38.8 Å². The fourth-order valence-corrected chi connectivity index (χ4v) is 2.62. The van der Waals surface area contributed by atoms with Crippen molar-refractivity contribution >= 4 is 23.2 Å². The van der Waals surface area contributed by atoms with Gasteiger partial charge < -0.3 is 4.74 Å². The maximum Gasteiger partial charge on any atom is 0.217 e. The molecule has 0 atom stereocenters. The molecule has 1 aromatic rings. The minimum atomic E-state index is 0.148. The predicted octanol–water partition coefficient (Wildman–Crippen LogP) is 3.62. The third kappa shape index (κ3) is 3.17. The molecule has 1 aromatic heterocycles. The molecule has 0 bridgehead atoms. The highest BCUT2D eigenvalue weighted by Gasteiger charge is 2.16. The van der Waals surface area contributed by atoms with Crippen LogP contribution < -0.4 is 0 Å². The molecular weight excluding hydrogens is 273 g/mol. The van der Waals surface area contributed by atoms with E-state index < -0.39 is 0 Å². The minimum absolute atomic E-state index is 0.148. The summed E-state index contributed by atoms with van der Waals surface area (Å²) in [6.45, 7) is 0.939. The first kappa shape index (κ1) is 13.7. The van der Waals surface area contributed by atoms with Crippen molar-refractivity contribution in [2.24, 2.45) is 5.92 Å². The smallest absolute Gasteiger partial charge is 0.217 e. The van der Waals surface area contributed by atoms with Crippen molar-refractivity contribution in [3.05, 3.63) is 16.1 Å². The Morgan fingerprint density at radius 1 is 1.33 bits per heavy atom.